The molecule has 29 heavy (non-hydrogen) atoms. The Morgan fingerprint density at radius 2 is 1.66 bits per heavy atom. The highest BCUT2D eigenvalue weighted by Crippen LogP contribution is 2.24. The van der Waals surface area contributed by atoms with E-state index in [1.807, 2.05) is 32.9 Å². The fourth-order valence-corrected chi connectivity index (χ4v) is 3.07. The van der Waals surface area contributed by atoms with Crippen LogP contribution in [-0.4, -0.2) is 22.6 Å². The fraction of sp³-hybridized carbons (Fsp3) is 0.318. The highest BCUT2D eigenvalue weighted by Gasteiger charge is 2.19. The number of fused-ring (bicyclic) bond motifs is 1. The van der Waals surface area contributed by atoms with Gasteiger partial charge in [-0.2, -0.15) is 4.98 Å². The number of nitrogens with zero attached hydrogens (tertiary/aromatic N) is 1. The first-order chi connectivity index (χ1) is 13.5. The smallest absolute Gasteiger partial charge is 0.415 e. The van der Waals surface area contributed by atoms with Gasteiger partial charge < -0.3 is 14.5 Å². The van der Waals surface area contributed by atoms with E-state index in [0.29, 0.717) is 16.7 Å². The number of nitrogens with one attached hydrogen (secondary N) is 2. The van der Waals surface area contributed by atoms with Crippen molar-refractivity contribution in [2.75, 3.05) is 10.6 Å². The zero-order valence-electron chi connectivity index (χ0n) is 17.5. The summed E-state index contributed by atoms with van der Waals surface area (Å²) >= 11 is 0. The Kier molecular flexibility index (Phi) is 5.33. The molecule has 2 amide bonds. The lowest BCUT2D eigenvalue weighted by Crippen LogP contribution is -2.27. The fourth-order valence-electron chi connectivity index (χ4n) is 3.07. The third-order valence-corrected chi connectivity index (χ3v) is 4.17. The lowest BCUT2D eigenvalue weighted by atomic mass is 10.0. The van der Waals surface area contributed by atoms with Crippen molar-refractivity contribution in [3.63, 3.8) is 0 Å². The van der Waals surface area contributed by atoms with Crippen LogP contribution in [0.2, 0.25) is 0 Å². The predicted octanol–water partition coefficient (Wildman–Crippen LogP) is 5.35. The summed E-state index contributed by atoms with van der Waals surface area (Å²) in [5, 5.41) is 5.42. The van der Waals surface area contributed by atoms with Crippen LogP contribution in [0.1, 0.15) is 47.8 Å². The quantitative estimate of drug-likeness (QED) is 0.623. The van der Waals surface area contributed by atoms with Crippen molar-refractivity contribution in [3.05, 3.63) is 52.6 Å². The van der Waals surface area contributed by atoms with Gasteiger partial charge in [-0.15, -0.1) is 0 Å². The van der Waals surface area contributed by atoms with Gasteiger partial charge in [0, 0.05) is 11.3 Å². The Hall–Kier alpha value is -3.35. The molecule has 2 N–H and O–H groups in total. The number of benzene rings is 2. The minimum atomic E-state index is -0.660. The molecule has 0 bridgehead atoms. The molecule has 0 saturated heterocycles. The number of ether oxygens (including phenoxy) is 1. The highest BCUT2D eigenvalue weighted by molar-refractivity contribution is 6.06. The minimum absolute atomic E-state index is 0.0111. The van der Waals surface area contributed by atoms with Crippen LogP contribution in [0.3, 0.4) is 0 Å². The first-order valence-electron chi connectivity index (χ1n) is 9.31. The molecule has 0 radical (unpaired) electrons. The molecule has 2 aromatic carbocycles. The molecule has 0 aliphatic carbocycles. The number of hydrogen-bond acceptors (Lipinski definition) is 5. The number of rotatable bonds is 3. The van der Waals surface area contributed by atoms with Crippen molar-refractivity contribution in [2.24, 2.45) is 0 Å². The lowest BCUT2D eigenvalue weighted by Gasteiger charge is -2.18. The molecule has 7 nitrogen and oxygen atoms in total. The van der Waals surface area contributed by atoms with Crippen molar-refractivity contribution in [1.29, 1.82) is 0 Å². The summed E-state index contributed by atoms with van der Waals surface area (Å²) in [6.45, 7) is 11.2. The maximum Gasteiger partial charge on any atom is 0.415 e. The van der Waals surface area contributed by atoms with Crippen LogP contribution in [0.4, 0.5) is 16.5 Å². The van der Waals surface area contributed by atoms with E-state index < -0.39 is 11.7 Å². The van der Waals surface area contributed by atoms with E-state index in [9.17, 15) is 9.59 Å². The van der Waals surface area contributed by atoms with Gasteiger partial charge in [-0.25, -0.2) is 10.1 Å². The molecule has 0 aliphatic heterocycles. The van der Waals surface area contributed by atoms with Crippen molar-refractivity contribution in [3.8, 4) is 0 Å². The number of carbonyl (C=O) groups is 2. The molecule has 1 aromatic heterocycles. The normalized spacial score (nSPS) is 11.4. The summed E-state index contributed by atoms with van der Waals surface area (Å²) < 4.78 is 10.7. The molecule has 0 fully saturated rings. The number of hydrogen-bond donors (Lipinski definition) is 2. The second-order valence-corrected chi connectivity index (χ2v) is 8.06. The maximum atomic E-state index is 12.7. The number of oxazole rings is 1. The second kappa shape index (κ2) is 7.58. The van der Waals surface area contributed by atoms with Gasteiger partial charge >= 0.3 is 12.1 Å². The SMILES string of the molecule is Cc1cc(C)c(NC(=O)c2ccc3nc(NC(=O)OC(C)(C)C)oc3c2)c(C)c1. The Labute approximate surface area is 169 Å². The summed E-state index contributed by atoms with van der Waals surface area (Å²) in [5.41, 5.74) is 4.65. The second-order valence-electron chi connectivity index (χ2n) is 8.06. The summed E-state index contributed by atoms with van der Waals surface area (Å²) in [6, 6.07) is 8.99. The molecular weight excluding hydrogens is 370 g/mol. The molecule has 0 unspecified atom stereocenters. The van der Waals surface area contributed by atoms with E-state index in [2.05, 4.69) is 15.6 Å². The maximum absolute atomic E-state index is 12.7. The summed E-state index contributed by atoms with van der Waals surface area (Å²) in [7, 11) is 0. The monoisotopic (exact) mass is 395 g/mol. The zero-order valence-corrected chi connectivity index (χ0v) is 17.5. The molecule has 0 saturated carbocycles. The van der Waals surface area contributed by atoms with Crippen LogP contribution in [0, 0.1) is 20.8 Å². The number of anilines is 2. The van der Waals surface area contributed by atoms with Gasteiger partial charge in [0.25, 0.3) is 5.91 Å². The van der Waals surface area contributed by atoms with E-state index in [-0.39, 0.29) is 11.9 Å². The standard InChI is InChI=1S/C22H25N3O4/c1-12-9-13(2)18(14(3)10-12)24-19(26)15-7-8-16-17(11-15)28-20(23-16)25-21(27)29-22(4,5)6/h7-11H,1-6H3,(H,24,26)(H,23,25,27). The Morgan fingerprint density at radius 1 is 1.00 bits per heavy atom. The lowest BCUT2D eigenvalue weighted by molar-refractivity contribution is 0.0632. The number of amides is 2. The van der Waals surface area contributed by atoms with E-state index >= 15 is 0 Å². The summed E-state index contributed by atoms with van der Waals surface area (Å²) in [5.74, 6) is -0.250. The van der Waals surface area contributed by atoms with Crippen molar-refractivity contribution in [1.82, 2.24) is 4.98 Å². The molecule has 7 heteroatoms. The van der Waals surface area contributed by atoms with Crippen LogP contribution in [0.15, 0.2) is 34.7 Å². The third-order valence-electron chi connectivity index (χ3n) is 4.17. The van der Waals surface area contributed by atoms with Crippen molar-refractivity contribution < 1.29 is 18.7 Å². The van der Waals surface area contributed by atoms with Crippen molar-refractivity contribution in [2.45, 2.75) is 47.1 Å². The number of aryl methyl sites for hydroxylation is 3. The summed E-state index contributed by atoms with van der Waals surface area (Å²) in [6.07, 6.45) is -0.660. The minimum Gasteiger partial charge on any atom is -0.443 e. The Morgan fingerprint density at radius 3 is 2.28 bits per heavy atom. The molecule has 152 valence electrons. The molecular formula is C22H25N3O4. The van der Waals surface area contributed by atoms with Gasteiger partial charge in [-0.3, -0.25) is 4.79 Å². The summed E-state index contributed by atoms with van der Waals surface area (Å²) in [4.78, 5) is 28.8. The van der Waals surface area contributed by atoms with Gasteiger partial charge in [-0.05, 0) is 70.9 Å². The van der Waals surface area contributed by atoms with Gasteiger partial charge in [0.05, 0.1) is 0 Å². The van der Waals surface area contributed by atoms with Crippen LogP contribution in [0.25, 0.3) is 11.1 Å². The molecule has 3 aromatic rings. The molecule has 0 aliphatic rings. The van der Waals surface area contributed by atoms with E-state index in [1.165, 1.54) is 0 Å². The Bertz CT molecular complexity index is 1070. The Balaban J connectivity index is 1.79. The zero-order chi connectivity index (χ0) is 21.3. The molecule has 3 rings (SSSR count). The van der Waals surface area contributed by atoms with Crippen LogP contribution < -0.4 is 10.6 Å². The van der Waals surface area contributed by atoms with Gasteiger partial charge in [0.15, 0.2) is 5.58 Å². The van der Waals surface area contributed by atoms with E-state index in [0.717, 1.165) is 22.4 Å². The first kappa shape index (κ1) is 20.4. The number of carbonyl (C=O) groups excluding carboxylic acids is 2. The first-order valence-corrected chi connectivity index (χ1v) is 9.31. The average Bonchev–Trinajstić information content (AvgIpc) is 2.97. The number of aromatic nitrogens is 1. The predicted molar refractivity (Wildman–Crippen MR) is 112 cm³/mol. The van der Waals surface area contributed by atoms with E-state index in [4.69, 9.17) is 9.15 Å². The average molecular weight is 395 g/mol. The topological polar surface area (TPSA) is 93.5 Å². The van der Waals surface area contributed by atoms with Crippen molar-refractivity contribution >= 4 is 34.8 Å². The van der Waals surface area contributed by atoms with Gasteiger partial charge in [-0.1, -0.05) is 17.7 Å². The molecule has 0 spiro atoms. The highest BCUT2D eigenvalue weighted by atomic mass is 16.6. The van der Waals surface area contributed by atoms with E-state index in [1.54, 1.807) is 39.0 Å². The van der Waals surface area contributed by atoms with Crippen LogP contribution >= 0.6 is 0 Å². The van der Waals surface area contributed by atoms with Crippen LogP contribution in [0.5, 0.6) is 0 Å². The van der Waals surface area contributed by atoms with Gasteiger partial charge in [0.2, 0.25) is 0 Å². The molecule has 1 heterocycles. The third kappa shape index (κ3) is 4.93. The largest absolute Gasteiger partial charge is 0.443 e. The molecule has 0 atom stereocenters. The van der Waals surface area contributed by atoms with Gasteiger partial charge in [0.1, 0.15) is 11.1 Å². The van der Waals surface area contributed by atoms with Crippen LogP contribution in [-0.2, 0) is 4.74 Å².